The van der Waals surface area contributed by atoms with Gasteiger partial charge in [-0.2, -0.15) is 0 Å². The van der Waals surface area contributed by atoms with E-state index in [9.17, 15) is 9.18 Å². The minimum Gasteiger partial charge on any atom is -0.497 e. The standard InChI is InChI=1S/C14H11FO2S/c1-17-11-6-7-13(10(8-11)9-16)18-14-5-3-2-4-12(14)15/h2-9H,1H3. The van der Waals surface area contributed by atoms with Crippen LogP contribution in [0.5, 0.6) is 5.75 Å². The van der Waals surface area contributed by atoms with E-state index in [1.54, 1.807) is 36.4 Å². The van der Waals surface area contributed by atoms with Crippen molar-refractivity contribution in [3.8, 4) is 5.75 Å². The first-order chi connectivity index (χ1) is 8.74. The number of rotatable bonds is 4. The van der Waals surface area contributed by atoms with Crippen LogP contribution >= 0.6 is 11.8 Å². The second-order valence-electron chi connectivity index (χ2n) is 3.55. The Morgan fingerprint density at radius 1 is 1.17 bits per heavy atom. The molecule has 2 nitrogen and oxygen atoms in total. The third-order valence-electron chi connectivity index (χ3n) is 2.40. The van der Waals surface area contributed by atoms with Gasteiger partial charge in [0.2, 0.25) is 0 Å². The smallest absolute Gasteiger partial charge is 0.151 e. The van der Waals surface area contributed by atoms with E-state index >= 15 is 0 Å². The summed E-state index contributed by atoms with van der Waals surface area (Å²) in [6.45, 7) is 0. The maximum absolute atomic E-state index is 13.5. The Labute approximate surface area is 109 Å². The number of hydrogen-bond donors (Lipinski definition) is 0. The van der Waals surface area contributed by atoms with Gasteiger partial charge in [-0.05, 0) is 30.3 Å². The minimum atomic E-state index is -0.296. The van der Waals surface area contributed by atoms with Crippen LogP contribution in [0.3, 0.4) is 0 Å². The molecule has 0 aliphatic rings. The summed E-state index contributed by atoms with van der Waals surface area (Å²) in [5.74, 6) is 0.310. The molecule has 0 atom stereocenters. The van der Waals surface area contributed by atoms with Gasteiger partial charge < -0.3 is 4.74 Å². The Bertz CT molecular complexity index is 569. The van der Waals surface area contributed by atoms with E-state index in [-0.39, 0.29) is 5.82 Å². The summed E-state index contributed by atoms with van der Waals surface area (Å²) in [6, 6.07) is 11.6. The van der Waals surface area contributed by atoms with Crippen LogP contribution in [-0.4, -0.2) is 13.4 Å². The Hall–Kier alpha value is -1.81. The molecule has 0 radical (unpaired) electrons. The van der Waals surface area contributed by atoms with Crippen LogP contribution in [0.4, 0.5) is 4.39 Å². The number of ether oxygens (including phenoxy) is 1. The third kappa shape index (κ3) is 2.71. The van der Waals surface area contributed by atoms with Gasteiger partial charge in [-0.3, -0.25) is 4.79 Å². The zero-order chi connectivity index (χ0) is 13.0. The molecule has 0 saturated carbocycles. The van der Waals surface area contributed by atoms with E-state index in [4.69, 9.17) is 4.74 Å². The van der Waals surface area contributed by atoms with Crippen LogP contribution in [-0.2, 0) is 0 Å². The molecule has 2 aromatic carbocycles. The first-order valence-electron chi connectivity index (χ1n) is 5.30. The summed E-state index contributed by atoms with van der Waals surface area (Å²) in [5.41, 5.74) is 0.489. The van der Waals surface area contributed by atoms with Crippen molar-refractivity contribution in [2.45, 2.75) is 9.79 Å². The van der Waals surface area contributed by atoms with Gasteiger partial charge in [-0.15, -0.1) is 0 Å². The van der Waals surface area contributed by atoms with Crippen molar-refractivity contribution < 1.29 is 13.9 Å². The molecular formula is C14H11FO2S. The second-order valence-corrected chi connectivity index (χ2v) is 4.64. The molecule has 18 heavy (non-hydrogen) atoms. The van der Waals surface area contributed by atoms with Gasteiger partial charge in [-0.25, -0.2) is 4.39 Å². The average Bonchev–Trinajstić information content (AvgIpc) is 2.41. The average molecular weight is 262 g/mol. The highest BCUT2D eigenvalue weighted by Gasteiger charge is 2.08. The summed E-state index contributed by atoms with van der Waals surface area (Å²) in [4.78, 5) is 12.2. The molecule has 2 aromatic rings. The predicted octanol–water partition coefficient (Wildman–Crippen LogP) is 3.80. The molecule has 0 heterocycles. The summed E-state index contributed by atoms with van der Waals surface area (Å²) >= 11 is 1.22. The highest BCUT2D eigenvalue weighted by molar-refractivity contribution is 7.99. The zero-order valence-corrected chi connectivity index (χ0v) is 10.5. The number of halogens is 1. The van der Waals surface area contributed by atoms with Crippen molar-refractivity contribution in [3.05, 3.63) is 53.8 Å². The monoisotopic (exact) mass is 262 g/mol. The molecule has 2 rings (SSSR count). The molecule has 0 unspecified atom stereocenters. The number of benzene rings is 2. The lowest BCUT2D eigenvalue weighted by molar-refractivity contribution is 0.112. The number of methoxy groups -OCH3 is 1. The number of carbonyl (C=O) groups is 1. The molecule has 0 aliphatic carbocycles. The SMILES string of the molecule is COc1ccc(Sc2ccccc2F)c(C=O)c1. The van der Waals surface area contributed by atoms with Crippen LogP contribution in [0, 0.1) is 5.82 Å². The molecular weight excluding hydrogens is 251 g/mol. The lowest BCUT2D eigenvalue weighted by Gasteiger charge is -2.07. The van der Waals surface area contributed by atoms with Crippen molar-refractivity contribution >= 4 is 18.0 Å². The van der Waals surface area contributed by atoms with E-state index in [1.165, 1.54) is 24.9 Å². The third-order valence-corrected chi connectivity index (χ3v) is 3.54. The van der Waals surface area contributed by atoms with E-state index < -0.39 is 0 Å². The highest BCUT2D eigenvalue weighted by atomic mass is 32.2. The maximum atomic E-state index is 13.5. The summed E-state index contributed by atoms with van der Waals surface area (Å²) in [7, 11) is 1.54. The van der Waals surface area contributed by atoms with Crippen molar-refractivity contribution in [1.29, 1.82) is 0 Å². The van der Waals surface area contributed by atoms with Gasteiger partial charge in [-0.1, -0.05) is 23.9 Å². The fourth-order valence-electron chi connectivity index (χ4n) is 1.48. The fourth-order valence-corrected chi connectivity index (χ4v) is 2.39. The molecule has 0 amide bonds. The van der Waals surface area contributed by atoms with Crippen molar-refractivity contribution in [1.82, 2.24) is 0 Å². The van der Waals surface area contributed by atoms with E-state index in [0.717, 1.165) is 6.29 Å². The van der Waals surface area contributed by atoms with E-state index in [0.29, 0.717) is 21.1 Å². The normalized spacial score (nSPS) is 10.1. The van der Waals surface area contributed by atoms with Crippen LogP contribution in [0.2, 0.25) is 0 Å². The second kappa shape index (κ2) is 5.69. The van der Waals surface area contributed by atoms with Crippen LogP contribution < -0.4 is 4.74 Å². The lowest BCUT2D eigenvalue weighted by atomic mass is 10.2. The predicted molar refractivity (Wildman–Crippen MR) is 68.9 cm³/mol. The number of carbonyl (C=O) groups excluding carboxylic acids is 1. The van der Waals surface area contributed by atoms with Gasteiger partial charge in [0, 0.05) is 15.4 Å². The molecule has 0 aliphatic heterocycles. The van der Waals surface area contributed by atoms with Gasteiger partial charge in [0.1, 0.15) is 11.6 Å². The molecule has 0 N–H and O–H groups in total. The first-order valence-corrected chi connectivity index (χ1v) is 6.12. The van der Waals surface area contributed by atoms with Gasteiger partial charge in [0.15, 0.2) is 6.29 Å². The van der Waals surface area contributed by atoms with Crippen LogP contribution in [0.15, 0.2) is 52.3 Å². The van der Waals surface area contributed by atoms with Crippen molar-refractivity contribution in [2.75, 3.05) is 7.11 Å². The van der Waals surface area contributed by atoms with E-state index in [1.807, 2.05) is 0 Å². The maximum Gasteiger partial charge on any atom is 0.151 e. The van der Waals surface area contributed by atoms with Crippen molar-refractivity contribution in [2.24, 2.45) is 0 Å². The molecule has 0 aromatic heterocycles. The molecule has 0 fully saturated rings. The minimum absolute atomic E-state index is 0.296. The topological polar surface area (TPSA) is 26.3 Å². The highest BCUT2D eigenvalue weighted by Crippen LogP contribution is 2.33. The summed E-state index contributed by atoms with van der Waals surface area (Å²) < 4.78 is 18.6. The van der Waals surface area contributed by atoms with E-state index in [2.05, 4.69) is 0 Å². The Morgan fingerprint density at radius 3 is 2.61 bits per heavy atom. The molecule has 4 heteroatoms. The lowest BCUT2D eigenvalue weighted by Crippen LogP contribution is -1.89. The molecule has 0 saturated heterocycles. The van der Waals surface area contributed by atoms with Gasteiger partial charge >= 0.3 is 0 Å². The Morgan fingerprint density at radius 2 is 1.94 bits per heavy atom. The van der Waals surface area contributed by atoms with Crippen molar-refractivity contribution in [3.63, 3.8) is 0 Å². The zero-order valence-electron chi connectivity index (χ0n) is 9.72. The summed E-state index contributed by atoms with van der Waals surface area (Å²) in [5, 5.41) is 0. The largest absolute Gasteiger partial charge is 0.497 e. The fraction of sp³-hybridized carbons (Fsp3) is 0.0714. The quantitative estimate of drug-likeness (QED) is 0.784. The summed E-state index contributed by atoms with van der Waals surface area (Å²) in [6.07, 6.45) is 0.742. The van der Waals surface area contributed by atoms with Gasteiger partial charge in [0.25, 0.3) is 0 Å². The van der Waals surface area contributed by atoms with Gasteiger partial charge in [0.05, 0.1) is 7.11 Å². The number of hydrogen-bond acceptors (Lipinski definition) is 3. The molecule has 0 spiro atoms. The molecule has 0 bridgehead atoms. The first kappa shape index (κ1) is 12.6. The number of aldehydes is 1. The van der Waals surface area contributed by atoms with Crippen LogP contribution in [0.1, 0.15) is 10.4 Å². The Balaban J connectivity index is 2.34. The Kier molecular flexibility index (Phi) is 3.99. The molecule has 92 valence electrons. The van der Waals surface area contributed by atoms with Crippen LogP contribution in [0.25, 0.3) is 0 Å².